The minimum absolute atomic E-state index is 0.255. The van der Waals surface area contributed by atoms with Crippen molar-refractivity contribution in [3.8, 4) is 0 Å². The topological polar surface area (TPSA) is 75.4 Å². The first-order valence-corrected chi connectivity index (χ1v) is 10.3. The Bertz CT molecular complexity index is 637. The van der Waals surface area contributed by atoms with E-state index in [1.54, 1.807) is 12.4 Å². The smallest absolute Gasteiger partial charge is 0.228 e. The number of rotatable bonds is 4. The molecule has 2 aliphatic rings. The fourth-order valence-electron chi connectivity index (χ4n) is 4.90. The third-order valence-corrected chi connectivity index (χ3v) is 6.37. The van der Waals surface area contributed by atoms with Crippen molar-refractivity contribution in [2.75, 3.05) is 36.8 Å². The molecule has 2 N–H and O–H groups in total. The van der Waals surface area contributed by atoms with E-state index in [0.29, 0.717) is 22.9 Å². The highest BCUT2D eigenvalue weighted by Crippen LogP contribution is 2.42. The van der Waals surface area contributed by atoms with Gasteiger partial charge in [0.25, 0.3) is 0 Å². The molecule has 0 aromatic carbocycles. The van der Waals surface area contributed by atoms with Gasteiger partial charge >= 0.3 is 0 Å². The summed E-state index contributed by atoms with van der Waals surface area (Å²) in [5.74, 6) is 1.65. The van der Waals surface area contributed by atoms with Gasteiger partial charge in [-0.15, -0.1) is 0 Å². The van der Waals surface area contributed by atoms with Crippen LogP contribution in [0.5, 0.6) is 0 Å². The maximum atomic E-state index is 13.0. The minimum atomic E-state index is -0.255. The first-order valence-electron chi connectivity index (χ1n) is 10.3. The molecule has 3 heterocycles. The monoisotopic (exact) mass is 373 g/mol. The zero-order chi connectivity index (χ0) is 19.7. The predicted octanol–water partition coefficient (Wildman–Crippen LogP) is 3.34. The van der Waals surface area contributed by atoms with Crippen LogP contribution in [0.3, 0.4) is 0 Å². The van der Waals surface area contributed by atoms with Crippen molar-refractivity contribution in [2.45, 2.75) is 59.8 Å². The molecule has 6 heteroatoms. The van der Waals surface area contributed by atoms with Crippen LogP contribution in [0.25, 0.3) is 0 Å². The first-order chi connectivity index (χ1) is 12.7. The molecule has 150 valence electrons. The van der Waals surface area contributed by atoms with Crippen LogP contribution >= 0.6 is 0 Å². The molecule has 1 aromatic rings. The molecule has 2 saturated heterocycles. The average Bonchev–Trinajstić information content (AvgIpc) is 2.62. The van der Waals surface area contributed by atoms with Crippen LogP contribution in [0.2, 0.25) is 0 Å². The van der Waals surface area contributed by atoms with E-state index in [1.807, 2.05) is 0 Å². The van der Waals surface area contributed by atoms with Gasteiger partial charge in [0.2, 0.25) is 11.9 Å². The number of hydrogen-bond donors (Lipinski definition) is 1. The van der Waals surface area contributed by atoms with Crippen molar-refractivity contribution >= 4 is 17.5 Å². The highest BCUT2D eigenvalue weighted by atomic mass is 16.2. The molecule has 2 aliphatic heterocycles. The van der Waals surface area contributed by atoms with E-state index in [2.05, 4.69) is 47.5 Å². The number of likely N-dealkylation sites (tertiary alicyclic amines) is 1. The van der Waals surface area contributed by atoms with Crippen molar-refractivity contribution in [1.29, 1.82) is 0 Å². The molecular weight excluding hydrogens is 338 g/mol. The molecule has 27 heavy (non-hydrogen) atoms. The average molecular weight is 374 g/mol. The first kappa shape index (κ1) is 19.9. The quantitative estimate of drug-likeness (QED) is 0.876. The Morgan fingerprint density at radius 3 is 2.15 bits per heavy atom. The third kappa shape index (κ3) is 4.53. The second-order valence-electron chi connectivity index (χ2n) is 9.58. The fourth-order valence-corrected chi connectivity index (χ4v) is 4.90. The Morgan fingerprint density at radius 2 is 1.63 bits per heavy atom. The molecule has 0 atom stereocenters. The zero-order valence-corrected chi connectivity index (χ0v) is 17.4. The lowest BCUT2D eigenvalue weighted by Crippen LogP contribution is -2.51. The normalized spacial score (nSPS) is 20.3. The standard InChI is InChI=1S/C21H35N5O/c1-16(2)13-20(3,4)18(27)25-9-5-21(6-10-25)7-11-26(12-8-21)19-23-14-17(22)15-24-19/h14-16H,5-13,22H2,1-4H3. The van der Waals surface area contributed by atoms with Gasteiger partial charge in [0.15, 0.2) is 0 Å². The van der Waals surface area contributed by atoms with Crippen molar-refractivity contribution in [2.24, 2.45) is 16.7 Å². The fraction of sp³-hybridized carbons (Fsp3) is 0.762. The van der Waals surface area contributed by atoms with Gasteiger partial charge in [0.05, 0.1) is 18.1 Å². The van der Waals surface area contributed by atoms with Crippen LogP contribution in [0.1, 0.15) is 59.8 Å². The van der Waals surface area contributed by atoms with Gasteiger partial charge in [-0.05, 0) is 43.4 Å². The van der Waals surface area contributed by atoms with E-state index in [4.69, 9.17) is 5.73 Å². The predicted molar refractivity (Wildman–Crippen MR) is 109 cm³/mol. The van der Waals surface area contributed by atoms with Gasteiger partial charge < -0.3 is 15.5 Å². The van der Waals surface area contributed by atoms with E-state index in [9.17, 15) is 4.79 Å². The summed E-state index contributed by atoms with van der Waals surface area (Å²) in [6.45, 7) is 12.4. The lowest BCUT2D eigenvalue weighted by Gasteiger charge is -2.48. The van der Waals surface area contributed by atoms with Crippen LogP contribution in [-0.2, 0) is 4.79 Å². The van der Waals surface area contributed by atoms with Gasteiger partial charge in [-0.25, -0.2) is 9.97 Å². The molecule has 1 spiro atoms. The van der Waals surface area contributed by atoms with E-state index in [1.165, 1.54) is 0 Å². The maximum absolute atomic E-state index is 13.0. The van der Waals surface area contributed by atoms with E-state index in [0.717, 1.165) is 64.2 Å². The summed E-state index contributed by atoms with van der Waals surface area (Å²) < 4.78 is 0. The number of nitrogens with two attached hydrogens (primary N) is 1. The van der Waals surface area contributed by atoms with E-state index < -0.39 is 0 Å². The highest BCUT2D eigenvalue weighted by Gasteiger charge is 2.41. The lowest BCUT2D eigenvalue weighted by molar-refractivity contribution is -0.143. The number of nitrogens with zero attached hydrogens (tertiary/aromatic N) is 4. The number of carbonyl (C=O) groups excluding carboxylic acids is 1. The summed E-state index contributed by atoms with van der Waals surface area (Å²) in [6.07, 6.45) is 8.84. The molecule has 6 nitrogen and oxygen atoms in total. The summed E-state index contributed by atoms with van der Waals surface area (Å²) in [6, 6.07) is 0. The molecule has 3 rings (SSSR count). The second kappa shape index (κ2) is 7.64. The van der Waals surface area contributed by atoms with Crippen LogP contribution in [0, 0.1) is 16.7 Å². The molecule has 0 unspecified atom stereocenters. The largest absolute Gasteiger partial charge is 0.396 e. The van der Waals surface area contributed by atoms with E-state index >= 15 is 0 Å². The Kier molecular flexibility index (Phi) is 5.63. The highest BCUT2D eigenvalue weighted by molar-refractivity contribution is 5.82. The molecule has 1 amide bonds. The van der Waals surface area contributed by atoms with Gasteiger partial charge in [0, 0.05) is 31.6 Å². The number of piperidine rings is 2. The maximum Gasteiger partial charge on any atom is 0.228 e. The molecular formula is C21H35N5O. The zero-order valence-electron chi connectivity index (χ0n) is 17.4. The summed E-state index contributed by atoms with van der Waals surface area (Å²) in [7, 11) is 0. The van der Waals surface area contributed by atoms with Gasteiger partial charge in [-0.3, -0.25) is 4.79 Å². The third-order valence-electron chi connectivity index (χ3n) is 6.37. The number of amides is 1. The Hall–Kier alpha value is -1.85. The van der Waals surface area contributed by atoms with Crippen molar-refractivity contribution in [1.82, 2.24) is 14.9 Å². The summed E-state index contributed by atoms with van der Waals surface area (Å²) in [5, 5.41) is 0. The summed E-state index contributed by atoms with van der Waals surface area (Å²) in [5.41, 5.74) is 6.41. The van der Waals surface area contributed by atoms with Gasteiger partial charge in [-0.2, -0.15) is 0 Å². The summed E-state index contributed by atoms with van der Waals surface area (Å²) in [4.78, 5) is 26.1. The number of hydrogen-bond acceptors (Lipinski definition) is 5. The van der Waals surface area contributed by atoms with Crippen LogP contribution in [-0.4, -0.2) is 47.0 Å². The second-order valence-corrected chi connectivity index (χ2v) is 9.58. The van der Waals surface area contributed by atoms with Crippen LogP contribution < -0.4 is 10.6 Å². The molecule has 0 aliphatic carbocycles. The van der Waals surface area contributed by atoms with Crippen LogP contribution in [0.15, 0.2) is 12.4 Å². The van der Waals surface area contributed by atoms with Crippen molar-refractivity contribution in [3.05, 3.63) is 12.4 Å². The van der Waals surface area contributed by atoms with Crippen molar-refractivity contribution < 1.29 is 4.79 Å². The van der Waals surface area contributed by atoms with Crippen LogP contribution in [0.4, 0.5) is 11.6 Å². The number of anilines is 2. The molecule has 2 fully saturated rings. The Balaban J connectivity index is 1.53. The lowest BCUT2D eigenvalue weighted by atomic mass is 9.70. The Morgan fingerprint density at radius 1 is 1.11 bits per heavy atom. The molecule has 0 saturated carbocycles. The van der Waals surface area contributed by atoms with Gasteiger partial charge in [0.1, 0.15) is 0 Å². The van der Waals surface area contributed by atoms with E-state index in [-0.39, 0.29) is 5.41 Å². The molecule has 0 radical (unpaired) electrons. The van der Waals surface area contributed by atoms with Crippen molar-refractivity contribution in [3.63, 3.8) is 0 Å². The summed E-state index contributed by atoms with van der Waals surface area (Å²) >= 11 is 0. The molecule has 1 aromatic heterocycles. The number of nitrogen functional groups attached to an aromatic ring is 1. The molecule has 0 bridgehead atoms. The minimum Gasteiger partial charge on any atom is -0.396 e. The number of aromatic nitrogens is 2. The number of carbonyl (C=O) groups is 1. The Labute approximate surface area is 163 Å². The SMILES string of the molecule is CC(C)CC(C)(C)C(=O)N1CCC2(CC1)CCN(c1ncc(N)cn1)CC2. The van der Waals surface area contributed by atoms with Gasteiger partial charge in [-0.1, -0.05) is 27.7 Å².